The van der Waals surface area contributed by atoms with Gasteiger partial charge < -0.3 is 15.0 Å². The van der Waals surface area contributed by atoms with E-state index in [-0.39, 0.29) is 6.47 Å². The van der Waals surface area contributed by atoms with Gasteiger partial charge in [0.1, 0.15) is 11.3 Å². The normalized spacial score (nSPS) is 10.1. The molecule has 0 radical (unpaired) electrons. The lowest BCUT2D eigenvalue weighted by atomic mass is 10.4. The maximum Gasteiger partial charge on any atom is 0.290 e. The molecule has 0 amide bonds. The standard InChI is InChI=1S/C11H14N8.CH2O2/c1-7-15-9(18-17-7)3-4-12-11-13-5-8-10(16-11)14-6-19(8)2;2-1-3/h5-6H,3-4H2,1-2H3,(H,12,13,16)(H,15,17,18);1H,(H,2,3). The van der Waals surface area contributed by atoms with Crippen molar-refractivity contribution in [3.05, 3.63) is 24.2 Å². The van der Waals surface area contributed by atoms with Crippen LogP contribution < -0.4 is 5.32 Å². The number of hydrogen-bond donors (Lipinski definition) is 3. The van der Waals surface area contributed by atoms with Crippen molar-refractivity contribution >= 4 is 23.6 Å². The summed E-state index contributed by atoms with van der Waals surface area (Å²) in [5, 5.41) is 16.9. The lowest BCUT2D eigenvalue weighted by Crippen LogP contribution is -2.09. The van der Waals surface area contributed by atoms with Crippen molar-refractivity contribution in [2.24, 2.45) is 7.05 Å². The Morgan fingerprint density at radius 3 is 2.86 bits per heavy atom. The topological polar surface area (TPSA) is 134 Å². The van der Waals surface area contributed by atoms with E-state index in [0.29, 0.717) is 24.6 Å². The third-order valence-electron chi connectivity index (χ3n) is 2.76. The number of carbonyl (C=O) groups is 1. The maximum atomic E-state index is 8.36. The number of hydrogen-bond acceptors (Lipinski definition) is 7. The zero-order chi connectivity index (χ0) is 15.9. The smallest absolute Gasteiger partial charge is 0.290 e. The number of carboxylic acid groups (broad SMARTS) is 1. The Bertz CT molecular complexity index is 751. The van der Waals surface area contributed by atoms with Crippen LogP contribution in [0.25, 0.3) is 11.2 Å². The zero-order valence-corrected chi connectivity index (χ0v) is 12.2. The van der Waals surface area contributed by atoms with Crippen LogP contribution in [-0.2, 0) is 18.3 Å². The van der Waals surface area contributed by atoms with Crippen LogP contribution in [0.15, 0.2) is 12.5 Å². The van der Waals surface area contributed by atoms with Gasteiger partial charge in [0.25, 0.3) is 6.47 Å². The fourth-order valence-electron chi connectivity index (χ4n) is 1.79. The third-order valence-corrected chi connectivity index (χ3v) is 2.76. The molecule has 0 fully saturated rings. The number of nitrogens with zero attached hydrogens (tertiary/aromatic N) is 6. The Labute approximate surface area is 125 Å². The summed E-state index contributed by atoms with van der Waals surface area (Å²) in [6.45, 7) is 2.30. The molecular formula is C12H16N8O2. The molecule has 3 aromatic heterocycles. The summed E-state index contributed by atoms with van der Waals surface area (Å²) in [4.78, 5) is 25.4. The van der Waals surface area contributed by atoms with Crippen LogP contribution in [0.4, 0.5) is 5.95 Å². The van der Waals surface area contributed by atoms with E-state index in [2.05, 4.69) is 35.5 Å². The molecular weight excluding hydrogens is 288 g/mol. The Kier molecular flexibility index (Phi) is 4.96. The second-order valence-electron chi connectivity index (χ2n) is 4.38. The summed E-state index contributed by atoms with van der Waals surface area (Å²) < 4.78 is 1.88. The van der Waals surface area contributed by atoms with Crippen LogP contribution in [-0.4, -0.2) is 52.8 Å². The first-order valence-electron chi connectivity index (χ1n) is 6.47. The number of rotatable bonds is 4. The van der Waals surface area contributed by atoms with Crippen molar-refractivity contribution < 1.29 is 9.90 Å². The lowest BCUT2D eigenvalue weighted by Gasteiger charge is -2.02. The fourth-order valence-corrected chi connectivity index (χ4v) is 1.79. The number of aromatic nitrogens is 7. The van der Waals surface area contributed by atoms with Crippen LogP contribution in [0.2, 0.25) is 0 Å². The predicted molar refractivity (Wildman–Crippen MR) is 78.3 cm³/mol. The Morgan fingerprint density at radius 2 is 2.18 bits per heavy atom. The highest BCUT2D eigenvalue weighted by Gasteiger charge is 2.04. The van der Waals surface area contributed by atoms with Gasteiger partial charge in [-0.2, -0.15) is 10.1 Å². The molecule has 0 saturated heterocycles. The molecule has 0 unspecified atom stereocenters. The number of fused-ring (bicyclic) bond motifs is 1. The highest BCUT2D eigenvalue weighted by molar-refractivity contribution is 5.70. The first-order chi connectivity index (χ1) is 10.6. The summed E-state index contributed by atoms with van der Waals surface area (Å²) in [6, 6.07) is 0. The van der Waals surface area contributed by atoms with Crippen LogP contribution in [0, 0.1) is 6.92 Å². The predicted octanol–water partition coefficient (Wildman–Crippen LogP) is 0.145. The summed E-state index contributed by atoms with van der Waals surface area (Å²) in [6.07, 6.45) is 4.20. The van der Waals surface area contributed by atoms with Gasteiger partial charge in [-0.15, -0.1) is 0 Å². The van der Waals surface area contributed by atoms with Crippen LogP contribution in [0.3, 0.4) is 0 Å². The second-order valence-corrected chi connectivity index (χ2v) is 4.38. The SMILES string of the molecule is Cc1nc(CCNc2ncc3c(ncn3C)n2)n[nH]1.O=CO. The van der Waals surface area contributed by atoms with E-state index in [9.17, 15) is 0 Å². The molecule has 0 aliphatic carbocycles. The number of imidazole rings is 1. The maximum absolute atomic E-state index is 8.36. The molecule has 0 aromatic carbocycles. The molecule has 0 bridgehead atoms. The number of aromatic amines is 1. The minimum Gasteiger partial charge on any atom is -0.483 e. The molecule has 22 heavy (non-hydrogen) atoms. The second kappa shape index (κ2) is 7.11. The van der Waals surface area contributed by atoms with E-state index in [1.54, 1.807) is 12.5 Å². The van der Waals surface area contributed by atoms with Crippen LogP contribution in [0.1, 0.15) is 11.6 Å². The molecule has 116 valence electrons. The summed E-state index contributed by atoms with van der Waals surface area (Å²) in [7, 11) is 1.91. The molecule has 0 saturated carbocycles. The summed E-state index contributed by atoms with van der Waals surface area (Å²) in [5.74, 6) is 2.17. The van der Waals surface area contributed by atoms with Gasteiger partial charge in [0.15, 0.2) is 11.5 Å². The fraction of sp³-hybridized carbons (Fsp3) is 0.333. The van der Waals surface area contributed by atoms with E-state index >= 15 is 0 Å². The minimum atomic E-state index is -0.250. The first-order valence-corrected chi connectivity index (χ1v) is 6.47. The molecule has 0 spiro atoms. The molecule has 3 N–H and O–H groups in total. The quantitative estimate of drug-likeness (QED) is 0.579. The molecule has 3 rings (SSSR count). The van der Waals surface area contributed by atoms with Crippen molar-refractivity contribution in [1.29, 1.82) is 0 Å². The van der Waals surface area contributed by atoms with Crippen LogP contribution in [0.5, 0.6) is 0 Å². The third kappa shape index (κ3) is 3.75. The lowest BCUT2D eigenvalue weighted by molar-refractivity contribution is -0.122. The van der Waals surface area contributed by atoms with Crippen molar-refractivity contribution in [2.45, 2.75) is 13.3 Å². The van der Waals surface area contributed by atoms with E-state index in [4.69, 9.17) is 9.90 Å². The van der Waals surface area contributed by atoms with E-state index in [1.807, 2.05) is 18.5 Å². The Morgan fingerprint density at radius 1 is 1.41 bits per heavy atom. The van der Waals surface area contributed by atoms with Gasteiger partial charge in [-0.1, -0.05) is 0 Å². The van der Waals surface area contributed by atoms with Crippen molar-refractivity contribution in [2.75, 3.05) is 11.9 Å². The number of aryl methyl sites for hydroxylation is 2. The molecule has 0 aliphatic heterocycles. The average Bonchev–Trinajstić information content (AvgIpc) is 3.07. The van der Waals surface area contributed by atoms with Gasteiger partial charge in [-0.05, 0) is 6.92 Å². The minimum absolute atomic E-state index is 0.250. The van der Waals surface area contributed by atoms with Gasteiger partial charge in [0.05, 0.1) is 12.5 Å². The number of H-pyrrole nitrogens is 1. The molecule has 3 heterocycles. The van der Waals surface area contributed by atoms with Gasteiger partial charge in [0.2, 0.25) is 5.95 Å². The van der Waals surface area contributed by atoms with Gasteiger partial charge >= 0.3 is 0 Å². The number of anilines is 1. The van der Waals surface area contributed by atoms with E-state index in [0.717, 1.165) is 17.2 Å². The molecule has 3 aromatic rings. The number of nitrogens with one attached hydrogen (secondary N) is 2. The molecule has 0 atom stereocenters. The molecule has 10 heteroatoms. The molecule has 0 aliphatic rings. The summed E-state index contributed by atoms with van der Waals surface area (Å²) in [5.41, 5.74) is 1.60. The van der Waals surface area contributed by atoms with Crippen molar-refractivity contribution in [1.82, 2.24) is 34.7 Å². The molecule has 10 nitrogen and oxygen atoms in total. The first kappa shape index (κ1) is 15.4. The van der Waals surface area contributed by atoms with E-state index in [1.165, 1.54) is 0 Å². The van der Waals surface area contributed by atoms with Gasteiger partial charge in [-0.25, -0.2) is 15.0 Å². The zero-order valence-electron chi connectivity index (χ0n) is 12.2. The van der Waals surface area contributed by atoms with Crippen LogP contribution >= 0.6 is 0 Å². The van der Waals surface area contributed by atoms with Gasteiger partial charge in [0, 0.05) is 20.0 Å². The Balaban J connectivity index is 0.000000545. The van der Waals surface area contributed by atoms with E-state index < -0.39 is 0 Å². The highest BCUT2D eigenvalue weighted by Crippen LogP contribution is 2.09. The average molecular weight is 304 g/mol. The largest absolute Gasteiger partial charge is 0.483 e. The van der Waals surface area contributed by atoms with Crippen molar-refractivity contribution in [3.63, 3.8) is 0 Å². The summed E-state index contributed by atoms with van der Waals surface area (Å²) >= 11 is 0. The van der Waals surface area contributed by atoms with Crippen molar-refractivity contribution in [3.8, 4) is 0 Å². The Hall–Kier alpha value is -3.04. The highest BCUT2D eigenvalue weighted by atomic mass is 16.3. The van der Waals surface area contributed by atoms with Gasteiger partial charge in [-0.3, -0.25) is 9.89 Å². The monoisotopic (exact) mass is 304 g/mol.